The standard InChI is InChI=1S/C14H20ClN3O3S/c1-9-7-16-12(17-11(9)15)22(20)10-5-6-18(8-10)13(19)21-14(2,3)4/h7,10H,5-6,8H2,1-4H3/t10-,22-/m0/s1. The van der Waals surface area contributed by atoms with E-state index in [9.17, 15) is 9.00 Å². The Kier molecular flexibility index (Phi) is 5.07. The lowest BCUT2D eigenvalue weighted by Gasteiger charge is -2.24. The van der Waals surface area contributed by atoms with Crippen LogP contribution in [0.5, 0.6) is 0 Å². The largest absolute Gasteiger partial charge is 0.444 e. The Morgan fingerprint density at radius 2 is 2.18 bits per heavy atom. The minimum Gasteiger partial charge on any atom is -0.444 e. The van der Waals surface area contributed by atoms with Gasteiger partial charge in [0.05, 0.1) is 16.0 Å². The zero-order chi connectivity index (χ0) is 16.5. The van der Waals surface area contributed by atoms with Crippen LogP contribution in [0.1, 0.15) is 32.8 Å². The molecule has 0 unspecified atom stereocenters. The third kappa shape index (κ3) is 4.16. The molecular weight excluding hydrogens is 326 g/mol. The van der Waals surface area contributed by atoms with Gasteiger partial charge in [-0.2, -0.15) is 0 Å². The number of hydrogen-bond acceptors (Lipinski definition) is 5. The van der Waals surface area contributed by atoms with Crippen molar-refractivity contribution in [3.05, 3.63) is 16.9 Å². The first kappa shape index (κ1) is 17.1. The van der Waals surface area contributed by atoms with Gasteiger partial charge in [-0.15, -0.1) is 0 Å². The van der Waals surface area contributed by atoms with Crippen molar-refractivity contribution in [2.45, 2.75) is 50.1 Å². The van der Waals surface area contributed by atoms with E-state index in [4.69, 9.17) is 16.3 Å². The summed E-state index contributed by atoms with van der Waals surface area (Å²) in [4.78, 5) is 21.7. The van der Waals surface area contributed by atoms with Crippen molar-refractivity contribution in [3.63, 3.8) is 0 Å². The first-order chi connectivity index (χ1) is 10.2. The van der Waals surface area contributed by atoms with E-state index in [-0.39, 0.29) is 16.5 Å². The number of likely N-dealkylation sites (tertiary alicyclic amines) is 1. The molecule has 2 heterocycles. The molecule has 0 spiro atoms. The number of aryl methyl sites for hydroxylation is 1. The minimum atomic E-state index is -1.39. The van der Waals surface area contributed by atoms with Gasteiger partial charge in [-0.05, 0) is 34.1 Å². The Morgan fingerprint density at radius 1 is 1.50 bits per heavy atom. The highest BCUT2D eigenvalue weighted by Gasteiger charge is 2.34. The van der Waals surface area contributed by atoms with E-state index in [2.05, 4.69) is 9.97 Å². The summed E-state index contributed by atoms with van der Waals surface area (Å²) in [6.45, 7) is 8.13. The fourth-order valence-electron chi connectivity index (χ4n) is 2.05. The molecule has 1 fully saturated rings. The van der Waals surface area contributed by atoms with Gasteiger partial charge >= 0.3 is 6.09 Å². The summed E-state index contributed by atoms with van der Waals surface area (Å²) in [5.41, 5.74) is 0.200. The zero-order valence-corrected chi connectivity index (χ0v) is 14.7. The molecule has 1 aliphatic heterocycles. The van der Waals surface area contributed by atoms with Crippen LogP contribution < -0.4 is 0 Å². The summed E-state index contributed by atoms with van der Waals surface area (Å²) in [5, 5.41) is 0.318. The topological polar surface area (TPSA) is 72.4 Å². The Hall–Kier alpha value is -1.21. The van der Waals surface area contributed by atoms with Crippen LogP contribution in [0.2, 0.25) is 5.15 Å². The van der Waals surface area contributed by atoms with Crippen molar-refractivity contribution in [2.24, 2.45) is 0 Å². The summed E-state index contributed by atoms with van der Waals surface area (Å²) >= 11 is 5.95. The molecule has 8 heteroatoms. The van der Waals surface area contributed by atoms with Crippen molar-refractivity contribution in [1.82, 2.24) is 14.9 Å². The maximum absolute atomic E-state index is 12.5. The Balaban J connectivity index is 2.02. The van der Waals surface area contributed by atoms with Gasteiger partial charge in [0.25, 0.3) is 0 Å². The van der Waals surface area contributed by atoms with Gasteiger partial charge in [0.2, 0.25) is 5.16 Å². The maximum Gasteiger partial charge on any atom is 0.410 e. The average Bonchev–Trinajstić information content (AvgIpc) is 2.89. The molecule has 6 nitrogen and oxygen atoms in total. The van der Waals surface area contributed by atoms with Crippen LogP contribution in [0.3, 0.4) is 0 Å². The first-order valence-electron chi connectivity index (χ1n) is 7.05. The lowest BCUT2D eigenvalue weighted by Crippen LogP contribution is -2.36. The van der Waals surface area contributed by atoms with E-state index in [1.165, 1.54) is 0 Å². The summed E-state index contributed by atoms with van der Waals surface area (Å²) in [5.74, 6) is 0. The molecule has 2 rings (SSSR count). The molecule has 0 radical (unpaired) electrons. The highest BCUT2D eigenvalue weighted by Crippen LogP contribution is 2.22. The lowest BCUT2D eigenvalue weighted by atomic mass is 10.2. The molecular formula is C14H20ClN3O3S. The second kappa shape index (κ2) is 6.50. The number of rotatable bonds is 2. The van der Waals surface area contributed by atoms with Crippen molar-refractivity contribution in [2.75, 3.05) is 13.1 Å². The van der Waals surface area contributed by atoms with E-state index >= 15 is 0 Å². The minimum absolute atomic E-state index is 0.203. The van der Waals surface area contributed by atoms with Gasteiger partial charge in [-0.25, -0.2) is 14.8 Å². The van der Waals surface area contributed by atoms with Gasteiger partial charge in [0, 0.05) is 24.8 Å². The van der Waals surface area contributed by atoms with Crippen molar-refractivity contribution >= 4 is 28.5 Å². The van der Waals surface area contributed by atoms with Gasteiger partial charge < -0.3 is 9.64 Å². The zero-order valence-electron chi connectivity index (χ0n) is 13.1. The van der Waals surface area contributed by atoms with Gasteiger partial charge in [-0.3, -0.25) is 4.21 Å². The predicted octanol–water partition coefficient (Wildman–Crippen LogP) is 2.56. The van der Waals surface area contributed by atoms with Crippen LogP contribution in [0.25, 0.3) is 0 Å². The van der Waals surface area contributed by atoms with Crippen LogP contribution in [0.15, 0.2) is 11.4 Å². The SMILES string of the molecule is Cc1cnc([S@@](=O)[C@H]2CCN(C(=O)OC(C)(C)C)C2)nc1Cl. The average molecular weight is 346 g/mol. The molecule has 1 saturated heterocycles. The van der Waals surface area contributed by atoms with Crippen LogP contribution in [0, 0.1) is 6.92 Å². The molecule has 1 aromatic heterocycles. The summed E-state index contributed by atoms with van der Waals surface area (Å²) in [6, 6.07) is 0. The second-order valence-corrected chi connectivity index (χ2v) is 8.25. The van der Waals surface area contributed by atoms with Crippen molar-refractivity contribution < 1.29 is 13.7 Å². The quantitative estimate of drug-likeness (QED) is 0.608. The highest BCUT2D eigenvalue weighted by atomic mass is 35.5. The molecule has 22 heavy (non-hydrogen) atoms. The molecule has 1 amide bonds. The highest BCUT2D eigenvalue weighted by molar-refractivity contribution is 7.85. The number of amides is 1. The number of hydrogen-bond donors (Lipinski definition) is 0. The number of carbonyl (C=O) groups excluding carboxylic acids is 1. The fraction of sp³-hybridized carbons (Fsp3) is 0.643. The number of aromatic nitrogens is 2. The molecule has 0 saturated carbocycles. The Labute approximate surface area is 137 Å². The van der Waals surface area contributed by atoms with E-state index in [1.807, 2.05) is 20.8 Å². The van der Waals surface area contributed by atoms with Gasteiger partial charge in [0.15, 0.2) is 0 Å². The van der Waals surface area contributed by atoms with Crippen LogP contribution >= 0.6 is 11.6 Å². The molecule has 0 aliphatic carbocycles. The number of halogens is 1. The fourth-order valence-corrected chi connectivity index (χ4v) is 3.50. The molecule has 1 aliphatic rings. The van der Waals surface area contributed by atoms with Crippen molar-refractivity contribution in [1.29, 1.82) is 0 Å². The summed E-state index contributed by atoms with van der Waals surface area (Å²) in [6.07, 6.45) is 1.80. The van der Waals surface area contributed by atoms with Crippen LogP contribution in [-0.4, -0.2) is 49.1 Å². The molecule has 122 valence electrons. The Bertz CT molecular complexity index is 603. The smallest absolute Gasteiger partial charge is 0.410 e. The number of carbonyl (C=O) groups is 1. The third-order valence-corrected chi connectivity index (χ3v) is 5.10. The van der Waals surface area contributed by atoms with E-state index in [0.717, 1.165) is 5.56 Å². The van der Waals surface area contributed by atoms with E-state index in [1.54, 1.807) is 18.0 Å². The van der Waals surface area contributed by atoms with Gasteiger partial charge in [0.1, 0.15) is 10.8 Å². The van der Waals surface area contributed by atoms with Gasteiger partial charge in [-0.1, -0.05) is 11.6 Å². The third-order valence-electron chi connectivity index (χ3n) is 3.17. The monoisotopic (exact) mass is 345 g/mol. The van der Waals surface area contributed by atoms with E-state index < -0.39 is 16.4 Å². The molecule has 0 aromatic carbocycles. The normalized spacial score (nSPS) is 20.0. The summed E-state index contributed by atoms with van der Waals surface area (Å²) in [7, 11) is -1.39. The van der Waals surface area contributed by atoms with Crippen molar-refractivity contribution in [3.8, 4) is 0 Å². The second-order valence-electron chi connectivity index (χ2n) is 6.26. The number of ether oxygens (including phenoxy) is 1. The molecule has 2 atom stereocenters. The molecule has 0 bridgehead atoms. The molecule has 1 aromatic rings. The lowest BCUT2D eigenvalue weighted by molar-refractivity contribution is 0.0295. The number of nitrogens with zero attached hydrogens (tertiary/aromatic N) is 3. The van der Waals surface area contributed by atoms with Crippen LogP contribution in [0.4, 0.5) is 4.79 Å². The Morgan fingerprint density at radius 3 is 2.77 bits per heavy atom. The first-order valence-corrected chi connectivity index (χ1v) is 8.64. The maximum atomic E-state index is 12.5. The van der Waals surface area contributed by atoms with E-state index in [0.29, 0.717) is 24.7 Å². The predicted molar refractivity (Wildman–Crippen MR) is 84.4 cm³/mol. The van der Waals surface area contributed by atoms with Crippen LogP contribution in [-0.2, 0) is 15.5 Å². The summed E-state index contributed by atoms with van der Waals surface area (Å²) < 4.78 is 17.8. The molecule has 0 N–H and O–H groups in total.